The molecule has 0 aliphatic rings. The molecule has 0 amide bonds. The Labute approximate surface area is 113 Å². The Morgan fingerprint density at radius 3 is 3.00 bits per heavy atom. The lowest BCUT2D eigenvalue weighted by Crippen LogP contribution is -1.89. The highest BCUT2D eigenvalue weighted by molar-refractivity contribution is 7.98. The standard InChI is InChI=1S/C14H20OS2/c1-12(2)6-8-16-11-14-9-13(10-17-14)5-3-4-7-15/h9-10,12,15H,4,6-8,11H2,1-2H3. The molecule has 0 saturated carbocycles. The molecule has 0 fully saturated rings. The zero-order valence-electron chi connectivity index (χ0n) is 10.5. The van der Waals surface area contributed by atoms with Crippen molar-refractivity contribution in [2.45, 2.75) is 32.4 Å². The molecule has 0 bridgehead atoms. The van der Waals surface area contributed by atoms with Gasteiger partial charge in [-0.25, -0.2) is 0 Å². The van der Waals surface area contributed by atoms with Crippen molar-refractivity contribution in [2.75, 3.05) is 12.4 Å². The lowest BCUT2D eigenvalue weighted by atomic mass is 10.2. The lowest BCUT2D eigenvalue weighted by Gasteiger charge is -2.02. The van der Waals surface area contributed by atoms with Gasteiger partial charge < -0.3 is 5.11 Å². The maximum Gasteiger partial charge on any atom is 0.0540 e. The van der Waals surface area contributed by atoms with Crippen LogP contribution in [0.25, 0.3) is 0 Å². The van der Waals surface area contributed by atoms with Gasteiger partial charge in [0.1, 0.15) is 0 Å². The van der Waals surface area contributed by atoms with E-state index in [9.17, 15) is 0 Å². The molecule has 0 spiro atoms. The fraction of sp³-hybridized carbons (Fsp3) is 0.571. The molecule has 1 rings (SSSR count). The molecule has 1 N–H and O–H groups in total. The molecule has 0 saturated heterocycles. The van der Waals surface area contributed by atoms with Crippen molar-refractivity contribution in [3.05, 3.63) is 21.9 Å². The molecule has 0 radical (unpaired) electrons. The van der Waals surface area contributed by atoms with Crippen molar-refractivity contribution in [2.24, 2.45) is 5.92 Å². The van der Waals surface area contributed by atoms with Crippen LogP contribution in [-0.4, -0.2) is 17.5 Å². The average molecular weight is 268 g/mol. The summed E-state index contributed by atoms with van der Waals surface area (Å²) >= 11 is 3.78. The van der Waals surface area contributed by atoms with E-state index in [1.54, 1.807) is 11.3 Å². The SMILES string of the molecule is CC(C)CCSCc1cc(C#CCCO)cs1. The van der Waals surface area contributed by atoms with Gasteiger partial charge >= 0.3 is 0 Å². The van der Waals surface area contributed by atoms with E-state index in [1.807, 2.05) is 11.8 Å². The van der Waals surface area contributed by atoms with Gasteiger partial charge in [-0.3, -0.25) is 0 Å². The summed E-state index contributed by atoms with van der Waals surface area (Å²) in [6.45, 7) is 4.68. The number of rotatable bonds is 6. The summed E-state index contributed by atoms with van der Waals surface area (Å²) in [6.07, 6.45) is 1.85. The topological polar surface area (TPSA) is 20.2 Å². The average Bonchev–Trinajstić information content (AvgIpc) is 2.73. The molecule has 1 aromatic heterocycles. The number of aliphatic hydroxyl groups excluding tert-OH is 1. The van der Waals surface area contributed by atoms with Gasteiger partial charge in [0.25, 0.3) is 0 Å². The summed E-state index contributed by atoms with van der Waals surface area (Å²) < 4.78 is 0. The third-order valence-corrected chi connectivity index (χ3v) is 4.37. The van der Waals surface area contributed by atoms with Gasteiger partial charge in [0, 0.05) is 28.0 Å². The van der Waals surface area contributed by atoms with Crippen LogP contribution in [0.5, 0.6) is 0 Å². The smallest absolute Gasteiger partial charge is 0.0540 e. The molecular weight excluding hydrogens is 248 g/mol. The highest BCUT2D eigenvalue weighted by Gasteiger charge is 1.99. The minimum Gasteiger partial charge on any atom is -0.395 e. The third kappa shape index (κ3) is 6.78. The van der Waals surface area contributed by atoms with Crippen molar-refractivity contribution < 1.29 is 5.11 Å². The molecule has 0 aromatic carbocycles. The van der Waals surface area contributed by atoms with E-state index in [-0.39, 0.29) is 6.61 Å². The fourth-order valence-electron chi connectivity index (χ4n) is 1.23. The first kappa shape index (κ1) is 14.6. The summed E-state index contributed by atoms with van der Waals surface area (Å²) in [5.41, 5.74) is 1.09. The molecule has 1 heterocycles. The molecule has 0 aliphatic heterocycles. The van der Waals surface area contributed by atoms with Crippen LogP contribution >= 0.6 is 23.1 Å². The fourth-order valence-corrected chi connectivity index (χ4v) is 3.42. The van der Waals surface area contributed by atoms with Crippen LogP contribution in [0.15, 0.2) is 11.4 Å². The van der Waals surface area contributed by atoms with Gasteiger partial charge in [0.15, 0.2) is 0 Å². The highest BCUT2D eigenvalue weighted by Crippen LogP contribution is 2.21. The van der Waals surface area contributed by atoms with Crippen LogP contribution in [0.4, 0.5) is 0 Å². The monoisotopic (exact) mass is 268 g/mol. The van der Waals surface area contributed by atoms with Crippen LogP contribution in [0.3, 0.4) is 0 Å². The summed E-state index contributed by atoms with van der Waals surface area (Å²) in [5, 5.41) is 10.7. The van der Waals surface area contributed by atoms with Crippen LogP contribution in [-0.2, 0) is 5.75 Å². The second-order valence-corrected chi connectivity index (χ2v) is 6.41. The predicted molar refractivity (Wildman–Crippen MR) is 78.5 cm³/mol. The van der Waals surface area contributed by atoms with Crippen LogP contribution in [0, 0.1) is 17.8 Å². The molecule has 3 heteroatoms. The third-order valence-electron chi connectivity index (χ3n) is 2.21. The quantitative estimate of drug-likeness (QED) is 0.626. The van der Waals surface area contributed by atoms with Crippen molar-refractivity contribution in [1.82, 2.24) is 0 Å². The maximum atomic E-state index is 8.63. The van der Waals surface area contributed by atoms with E-state index in [1.165, 1.54) is 17.1 Å². The van der Waals surface area contributed by atoms with Gasteiger partial charge in [-0.15, -0.1) is 11.3 Å². The van der Waals surface area contributed by atoms with Gasteiger partial charge in [0.05, 0.1) is 6.61 Å². The summed E-state index contributed by atoms with van der Waals surface area (Å²) in [7, 11) is 0. The van der Waals surface area contributed by atoms with Crippen LogP contribution < -0.4 is 0 Å². The summed E-state index contributed by atoms with van der Waals surface area (Å²) in [6, 6.07) is 2.16. The van der Waals surface area contributed by atoms with Gasteiger partial charge in [-0.05, 0) is 24.2 Å². The minimum atomic E-state index is 0.148. The van der Waals surface area contributed by atoms with E-state index >= 15 is 0 Å². The Morgan fingerprint density at radius 2 is 2.29 bits per heavy atom. The van der Waals surface area contributed by atoms with Gasteiger partial charge in [0.2, 0.25) is 0 Å². The van der Waals surface area contributed by atoms with Crippen LogP contribution in [0.2, 0.25) is 0 Å². The Balaban J connectivity index is 2.29. The zero-order chi connectivity index (χ0) is 12.5. The largest absolute Gasteiger partial charge is 0.395 e. The molecule has 0 unspecified atom stereocenters. The molecule has 94 valence electrons. The molecule has 1 aromatic rings. The van der Waals surface area contributed by atoms with E-state index < -0.39 is 0 Å². The normalized spacial score (nSPS) is 10.4. The van der Waals surface area contributed by atoms with Crippen molar-refractivity contribution >= 4 is 23.1 Å². The highest BCUT2D eigenvalue weighted by atomic mass is 32.2. The predicted octanol–water partition coefficient (Wildman–Crippen LogP) is 3.76. The van der Waals surface area contributed by atoms with E-state index in [2.05, 4.69) is 37.1 Å². The van der Waals surface area contributed by atoms with Crippen LogP contribution in [0.1, 0.15) is 37.1 Å². The number of thiophene rings is 1. The Kier molecular flexibility index (Phi) is 7.43. The molecule has 0 aliphatic carbocycles. The van der Waals surface area contributed by atoms with E-state index in [0.717, 1.165) is 17.2 Å². The summed E-state index contributed by atoms with van der Waals surface area (Å²) in [4.78, 5) is 1.40. The number of aliphatic hydroxyl groups is 1. The first-order chi connectivity index (χ1) is 8.22. The molecule has 17 heavy (non-hydrogen) atoms. The Morgan fingerprint density at radius 1 is 1.47 bits per heavy atom. The second kappa shape index (κ2) is 8.63. The van der Waals surface area contributed by atoms with Crippen molar-refractivity contribution in [1.29, 1.82) is 0 Å². The molecule has 0 atom stereocenters. The summed E-state index contributed by atoms with van der Waals surface area (Å²) in [5.74, 6) is 9.14. The van der Waals surface area contributed by atoms with Crippen molar-refractivity contribution in [3.63, 3.8) is 0 Å². The maximum absolute atomic E-state index is 8.63. The Bertz CT molecular complexity index is 371. The lowest BCUT2D eigenvalue weighted by molar-refractivity contribution is 0.305. The second-order valence-electron chi connectivity index (χ2n) is 4.31. The van der Waals surface area contributed by atoms with Crippen molar-refractivity contribution in [3.8, 4) is 11.8 Å². The molecule has 1 nitrogen and oxygen atoms in total. The number of hydrogen-bond acceptors (Lipinski definition) is 3. The minimum absolute atomic E-state index is 0.148. The number of hydrogen-bond donors (Lipinski definition) is 1. The first-order valence-electron chi connectivity index (χ1n) is 5.97. The van der Waals surface area contributed by atoms with E-state index in [4.69, 9.17) is 5.11 Å². The van der Waals surface area contributed by atoms with Gasteiger partial charge in [-0.1, -0.05) is 25.7 Å². The van der Waals surface area contributed by atoms with Gasteiger partial charge in [-0.2, -0.15) is 11.8 Å². The Hall–Kier alpha value is -0.430. The van der Waals surface area contributed by atoms with E-state index in [0.29, 0.717) is 6.42 Å². The first-order valence-corrected chi connectivity index (χ1v) is 8.00. The zero-order valence-corrected chi connectivity index (χ0v) is 12.2. The number of thioether (sulfide) groups is 1. The molecular formula is C14H20OS2.